The van der Waals surface area contributed by atoms with Gasteiger partial charge in [-0.15, -0.1) is 0 Å². The molecule has 0 bridgehead atoms. The minimum atomic E-state index is 0.00181. The first-order valence-corrected chi connectivity index (χ1v) is 6.89. The van der Waals surface area contributed by atoms with Crippen molar-refractivity contribution in [2.45, 2.75) is 33.1 Å². The van der Waals surface area contributed by atoms with Crippen molar-refractivity contribution < 1.29 is 4.79 Å². The third-order valence-corrected chi connectivity index (χ3v) is 3.83. The lowest BCUT2D eigenvalue weighted by molar-refractivity contribution is -0.120. The Labute approximate surface area is 117 Å². The van der Waals surface area contributed by atoms with E-state index in [0.29, 0.717) is 0 Å². The summed E-state index contributed by atoms with van der Waals surface area (Å²) in [5, 5.41) is 2.98. The summed E-state index contributed by atoms with van der Waals surface area (Å²) in [6, 6.07) is 1.90. The van der Waals surface area contributed by atoms with Crippen LogP contribution in [0.4, 0.5) is 5.69 Å². The van der Waals surface area contributed by atoms with E-state index in [4.69, 9.17) is 0 Å². The van der Waals surface area contributed by atoms with Gasteiger partial charge in [0.05, 0.1) is 17.6 Å². The summed E-state index contributed by atoms with van der Waals surface area (Å²) < 4.78 is 0. The van der Waals surface area contributed by atoms with Crippen LogP contribution in [0.25, 0.3) is 0 Å². The quantitative estimate of drug-likeness (QED) is 0.878. The first-order valence-electron chi connectivity index (χ1n) is 6.89. The van der Waals surface area contributed by atoms with Crippen LogP contribution in [0, 0.1) is 19.8 Å². The average Bonchev–Trinajstić information content (AvgIpc) is 2.80. The predicted molar refractivity (Wildman–Crippen MR) is 76.4 cm³/mol. The lowest BCUT2D eigenvalue weighted by Gasteiger charge is -2.21. The normalized spacial score (nSPS) is 17.6. The van der Waals surface area contributed by atoms with Crippen LogP contribution in [0.5, 0.6) is 0 Å². The number of anilines is 1. The number of H-pyrrole nitrogens is 1. The second-order valence-corrected chi connectivity index (χ2v) is 5.37. The van der Waals surface area contributed by atoms with Gasteiger partial charge in [0.15, 0.2) is 0 Å². The van der Waals surface area contributed by atoms with Crippen molar-refractivity contribution in [3.8, 4) is 0 Å². The highest BCUT2D eigenvalue weighted by molar-refractivity contribution is 5.93. The topological polar surface area (TPSA) is 70.7 Å². The minimum Gasteiger partial charge on any atom is -0.346 e. The Hall–Kier alpha value is -2.17. The molecule has 1 aliphatic carbocycles. The van der Waals surface area contributed by atoms with Gasteiger partial charge in [0.1, 0.15) is 5.82 Å². The molecule has 0 aliphatic heterocycles. The number of nitrogens with one attached hydrogen (secondary N) is 2. The molecule has 2 N–H and O–H groups in total. The number of nitrogens with zero attached hydrogens (tertiary/aromatic N) is 2. The number of imidazole rings is 1. The van der Waals surface area contributed by atoms with E-state index in [0.717, 1.165) is 47.7 Å². The molecule has 20 heavy (non-hydrogen) atoms. The molecule has 2 aromatic heterocycles. The molecule has 0 unspecified atom stereocenters. The Morgan fingerprint density at radius 1 is 1.45 bits per heavy atom. The number of fused-ring (bicyclic) bond motifs is 1. The summed E-state index contributed by atoms with van der Waals surface area (Å²) in [7, 11) is 0. The fraction of sp³-hybridized carbons (Fsp3) is 0.400. The second-order valence-electron chi connectivity index (χ2n) is 5.37. The van der Waals surface area contributed by atoms with E-state index in [1.165, 1.54) is 0 Å². The maximum atomic E-state index is 12.4. The van der Waals surface area contributed by atoms with Crippen LogP contribution in [0.2, 0.25) is 0 Å². The number of aromatic nitrogens is 3. The van der Waals surface area contributed by atoms with Crippen molar-refractivity contribution in [3.63, 3.8) is 0 Å². The number of pyridine rings is 1. The Morgan fingerprint density at radius 3 is 3.10 bits per heavy atom. The van der Waals surface area contributed by atoms with Gasteiger partial charge in [0.2, 0.25) is 5.91 Å². The molecule has 0 aromatic carbocycles. The van der Waals surface area contributed by atoms with Crippen molar-refractivity contribution in [1.29, 1.82) is 0 Å². The molecule has 2 heterocycles. The number of amides is 1. The Morgan fingerprint density at radius 2 is 2.30 bits per heavy atom. The van der Waals surface area contributed by atoms with Gasteiger partial charge in [0, 0.05) is 24.2 Å². The largest absolute Gasteiger partial charge is 0.346 e. The number of hydrogen-bond acceptors (Lipinski definition) is 3. The lowest BCUT2D eigenvalue weighted by atomic mass is 9.89. The first-order chi connectivity index (χ1) is 9.63. The predicted octanol–water partition coefficient (Wildman–Crippen LogP) is 2.17. The lowest BCUT2D eigenvalue weighted by Crippen LogP contribution is -2.28. The van der Waals surface area contributed by atoms with Crippen LogP contribution in [-0.4, -0.2) is 20.9 Å². The van der Waals surface area contributed by atoms with E-state index < -0.39 is 0 Å². The van der Waals surface area contributed by atoms with Gasteiger partial charge in [-0.2, -0.15) is 0 Å². The van der Waals surface area contributed by atoms with Gasteiger partial charge in [-0.3, -0.25) is 9.78 Å². The first kappa shape index (κ1) is 12.8. The Balaban J connectivity index is 1.72. The summed E-state index contributed by atoms with van der Waals surface area (Å²) in [5.74, 6) is 1.00. The highest BCUT2D eigenvalue weighted by Gasteiger charge is 2.27. The zero-order chi connectivity index (χ0) is 14.1. The summed E-state index contributed by atoms with van der Waals surface area (Å²) >= 11 is 0. The van der Waals surface area contributed by atoms with Crippen molar-refractivity contribution in [1.82, 2.24) is 15.0 Å². The third-order valence-electron chi connectivity index (χ3n) is 3.83. The summed E-state index contributed by atoms with van der Waals surface area (Å²) in [6.07, 6.45) is 5.88. The van der Waals surface area contributed by atoms with Crippen molar-refractivity contribution in [3.05, 3.63) is 41.2 Å². The van der Waals surface area contributed by atoms with E-state index in [1.807, 2.05) is 19.9 Å². The number of carbonyl (C=O) groups is 1. The van der Waals surface area contributed by atoms with Crippen LogP contribution >= 0.6 is 0 Å². The van der Waals surface area contributed by atoms with E-state index in [2.05, 4.69) is 20.3 Å². The zero-order valence-corrected chi connectivity index (χ0v) is 11.7. The summed E-state index contributed by atoms with van der Waals surface area (Å²) in [5.41, 5.74) is 4.05. The van der Waals surface area contributed by atoms with E-state index in [-0.39, 0.29) is 11.8 Å². The fourth-order valence-corrected chi connectivity index (χ4v) is 2.68. The van der Waals surface area contributed by atoms with Gasteiger partial charge < -0.3 is 10.3 Å². The van der Waals surface area contributed by atoms with Crippen molar-refractivity contribution >= 4 is 11.6 Å². The standard InChI is InChI=1S/C15H18N4O/c1-9-5-6-16-8-14(9)19-15(20)11-3-4-12-13(7-11)18-10(2)17-12/h5-6,8,11H,3-4,7H2,1-2H3,(H,17,18)(H,19,20)/t11-/m1/s1. The Bertz CT molecular complexity index is 647. The van der Waals surface area contributed by atoms with Gasteiger partial charge in [-0.25, -0.2) is 4.98 Å². The van der Waals surface area contributed by atoms with E-state index >= 15 is 0 Å². The van der Waals surface area contributed by atoms with E-state index in [9.17, 15) is 4.79 Å². The molecule has 1 atom stereocenters. The molecule has 104 valence electrons. The molecule has 0 fully saturated rings. The van der Waals surface area contributed by atoms with Crippen LogP contribution in [0.3, 0.4) is 0 Å². The number of aryl methyl sites for hydroxylation is 3. The molecule has 0 saturated carbocycles. The smallest absolute Gasteiger partial charge is 0.227 e. The molecule has 5 heteroatoms. The monoisotopic (exact) mass is 270 g/mol. The molecule has 2 aromatic rings. The third kappa shape index (κ3) is 2.43. The maximum Gasteiger partial charge on any atom is 0.227 e. The van der Waals surface area contributed by atoms with Gasteiger partial charge in [0.25, 0.3) is 0 Å². The van der Waals surface area contributed by atoms with Gasteiger partial charge in [-0.1, -0.05) is 0 Å². The molecule has 3 rings (SSSR count). The zero-order valence-electron chi connectivity index (χ0n) is 11.7. The number of carbonyl (C=O) groups excluding carboxylic acids is 1. The van der Waals surface area contributed by atoms with Crippen LogP contribution in [0.1, 0.15) is 29.2 Å². The van der Waals surface area contributed by atoms with Gasteiger partial charge >= 0.3 is 0 Å². The SMILES string of the molecule is Cc1nc2c([nH]1)C[C@H](C(=O)Nc1cnccc1C)CC2. The molecule has 0 saturated heterocycles. The fourth-order valence-electron chi connectivity index (χ4n) is 2.68. The summed E-state index contributed by atoms with van der Waals surface area (Å²) in [4.78, 5) is 24.1. The maximum absolute atomic E-state index is 12.4. The van der Waals surface area contributed by atoms with Gasteiger partial charge in [-0.05, 0) is 38.3 Å². The number of rotatable bonds is 2. The highest BCUT2D eigenvalue weighted by atomic mass is 16.1. The second kappa shape index (κ2) is 5.07. The molecular weight excluding hydrogens is 252 g/mol. The molecule has 0 spiro atoms. The Kier molecular flexibility index (Phi) is 3.26. The van der Waals surface area contributed by atoms with Crippen molar-refractivity contribution in [2.75, 3.05) is 5.32 Å². The number of aromatic amines is 1. The average molecular weight is 270 g/mol. The highest BCUT2D eigenvalue weighted by Crippen LogP contribution is 2.25. The summed E-state index contributed by atoms with van der Waals surface area (Å²) in [6.45, 7) is 3.92. The minimum absolute atomic E-state index is 0.00181. The molecule has 0 radical (unpaired) electrons. The van der Waals surface area contributed by atoms with Crippen LogP contribution in [-0.2, 0) is 17.6 Å². The van der Waals surface area contributed by atoms with Crippen LogP contribution < -0.4 is 5.32 Å². The number of hydrogen-bond donors (Lipinski definition) is 2. The molecule has 1 amide bonds. The van der Waals surface area contributed by atoms with E-state index in [1.54, 1.807) is 12.4 Å². The molecule has 1 aliphatic rings. The molecular formula is C15H18N4O. The molecule has 5 nitrogen and oxygen atoms in total. The van der Waals surface area contributed by atoms with Crippen LogP contribution in [0.15, 0.2) is 18.5 Å². The van der Waals surface area contributed by atoms with Crippen molar-refractivity contribution in [2.24, 2.45) is 5.92 Å².